The van der Waals surface area contributed by atoms with Crippen LogP contribution in [0.15, 0.2) is 10.6 Å². The lowest BCUT2D eigenvalue weighted by Crippen LogP contribution is -2.07. The van der Waals surface area contributed by atoms with Crippen LogP contribution in [0, 0.1) is 0 Å². The van der Waals surface area contributed by atoms with E-state index < -0.39 is 6.43 Å². The molecule has 1 N–H and O–H groups in total. The third kappa shape index (κ3) is 1.70. The van der Waals surface area contributed by atoms with E-state index in [1.54, 1.807) is 0 Å². The zero-order valence-electron chi connectivity index (χ0n) is 6.96. The Morgan fingerprint density at radius 3 is 3.00 bits per heavy atom. The van der Waals surface area contributed by atoms with Crippen LogP contribution < -0.4 is 5.32 Å². The Balaban J connectivity index is 2.12. The quantitative estimate of drug-likeness (QED) is 0.767. The summed E-state index contributed by atoms with van der Waals surface area (Å²) in [7, 11) is 0. The minimum absolute atomic E-state index is 0.160. The van der Waals surface area contributed by atoms with Gasteiger partial charge in [0.15, 0.2) is 11.7 Å². The molecule has 0 aromatic carbocycles. The van der Waals surface area contributed by atoms with Gasteiger partial charge in [-0.1, -0.05) is 0 Å². The van der Waals surface area contributed by atoms with Crippen molar-refractivity contribution in [3.8, 4) is 0 Å². The van der Waals surface area contributed by atoms with E-state index in [1.165, 1.54) is 0 Å². The molecule has 1 saturated heterocycles. The van der Waals surface area contributed by atoms with Crippen LogP contribution in [-0.4, -0.2) is 18.1 Å². The van der Waals surface area contributed by atoms with Gasteiger partial charge in [-0.05, 0) is 13.0 Å². The second-order valence-corrected chi connectivity index (χ2v) is 3.09. The van der Waals surface area contributed by atoms with Crippen molar-refractivity contribution >= 4 is 0 Å². The molecule has 1 aromatic rings. The van der Waals surface area contributed by atoms with Gasteiger partial charge in [-0.3, -0.25) is 0 Å². The summed E-state index contributed by atoms with van der Waals surface area (Å²) in [5, 5.41) is 3.12. The third-order valence-corrected chi connectivity index (χ3v) is 2.17. The minimum atomic E-state index is -2.56. The van der Waals surface area contributed by atoms with Crippen molar-refractivity contribution in [1.29, 1.82) is 0 Å². The van der Waals surface area contributed by atoms with Gasteiger partial charge in [0.1, 0.15) is 0 Å². The van der Waals surface area contributed by atoms with E-state index >= 15 is 0 Å². The summed E-state index contributed by atoms with van der Waals surface area (Å²) in [4.78, 5) is 3.83. The Morgan fingerprint density at radius 1 is 1.62 bits per heavy atom. The normalized spacial score (nSPS) is 22.8. The van der Waals surface area contributed by atoms with Crippen molar-refractivity contribution < 1.29 is 13.2 Å². The topological polar surface area (TPSA) is 38.1 Å². The van der Waals surface area contributed by atoms with Gasteiger partial charge in [-0.25, -0.2) is 13.8 Å². The highest BCUT2D eigenvalue weighted by atomic mass is 19.3. The molecule has 2 rings (SSSR count). The van der Waals surface area contributed by atoms with E-state index in [9.17, 15) is 8.78 Å². The fourth-order valence-corrected chi connectivity index (χ4v) is 1.46. The summed E-state index contributed by atoms with van der Waals surface area (Å²) < 4.78 is 29.2. The summed E-state index contributed by atoms with van der Waals surface area (Å²) in [6, 6.07) is 0. The van der Waals surface area contributed by atoms with E-state index in [0.29, 0.717) is 5.89 Å². The summed E-state index contributed by atoms with van der Waals surface area (Å²) in [6.45, 7) is 1.67. The van der Waals surface area contributed by atoms with Gasteiger partial charge in [0.25, 0.3) is 6.43 Å². The van der Waals surface area contributed by atoms with E-state index in [2.05, 4.69) is 10.3 Å². The second kappa shape index (κ2) is 3.41. The molecule has 0 bridgehead atoms. The third-order valence-electron chi connectivity index (χ3n) is 2.17. The number of nitrogens with zero attached hydrogens (tertiary/aromatic N) is 1. The van der Waals surface area contributed by atoms with Crippen molar-refractivity contribution in [1.82, 2.24) is 10.3 Å². The number of hydrogen-bond acceptors (Lipinski definition) is 3. The second-order valence-electron chi connectivity index (χ2n) is 3.09. The molecular formula is C8H10F2N2O. The number of halogens is 2. The van der Waals surface area contributed by atoms with Gasteiger partial charge in [0.2, 0.25) is 0 Å². The van der Waals surface area contributed by atoms with Gasteiger partial charge < -0.3 is 9.73 Å². The number of rotatable bonds is 2. The molecule has 0 radical (unpaired) electrons. The summed E-state index contributed by atoms with van der Waals surface area (Å²) in [5.41, 5.74) is 0. The number of aromatic nitrogens is 1. The van der Waals surface area contributed by atoms with Gasteiger partial charge in [0, 0.05) is 12.5 Å². The lowest BCUT2D eigenvalue weighted by Gasteiger charge is -2.00. The molecule has 1 aromatic heterocycles. The summed E-state index contributed by atoms with van der Waals surface area (Å²) in [6.07, 6.45) is -0.544. The van der Waals surface area contributed by atoms with Crippen LogP contribution in [0.4, 0.5) is 8.78 Å². The Bertz CT molecular complexity index is 281. The fourth-order valence-electron chi connectivity index (χ4n) is 1.46. The van der Waals surface area contributed by atoms with Crippen LogP contribution in [0.25, 0.3) is 0 Å². The summed E-state index contributed by atoms with van der Waals surface area (Å²) >= 11 is 0. The van der Waals surface area contributed by atoms with Crippen LogP contribution in [0.5, 0.6) is 0 Å². The van der Waals surface area contributed by atoms with Crippen LogP contribution in [0.1, 0.15) is 30.4 Å². The first-order chi connectivity index (χ1) is 6.27. The molecule has 0 aliphatic carbocycles. The van der Waals surface area contributed by atoms with Crippen LogP contribution in [0.2, 0.25) is 0 Å². The average molecular weight is 188 g/mol. The smallest absolute Gasteiger partial charge is 0.297 e. The number of nitrogens with one attached hydrogen (secondary N) is 1. The van der Waals surface area contributed by atoms with Crippen molar-refractivity contribution in [2.24, 2.45) is 0 Å². The largest absolute Gasteiger partial charge is 0.439 e. The summed E-state index contributed by atoms with van der Waals surface area (Å²) in [5.74, 6) is 0.259. The Hall–Kier alpha value is -0.970. The van der Waals surface area contributed by atoms with E-state index in [4.69, 9.17) is 4.42 Å². The molecule has 5 heteroatoms. The molecule has 2 heterocycles. The standard InChI is InChI=1S/C8H10F2N2O/c9-7(10)6-4-12-8(13-6)5-1-2-11-3-5/h4-5,7,11H,1-3H2. The molecule has 3 nitrogen and oxygen atoms in total. The van der Waals surface area contributed by atoms with Gasteiger partial charge in [-0.15, -0.1) is 0 Å². The Morgan fingerprint density at radius 2 is 2.46 bits per heavy atom. The fraction of sp³-hybridized carbons (Fsp3) is 0.625. The Labute approximate surface area is 74.1 Å². The first-order valence-corrected chi connectivity index (χ1v) is 4.22. The maximum absolute atomic E-state index is 12.1. The molecule has 72 valence electrons. The van der Waals surface area contributed by atoms with Gasteiger partial charge in [-0.2, -0.15) is 0 Å². The highest BCUT2D eigenvalue weighted by molar-refractivity contribution is 5.02. The minimum Gasteiger partial charge on any atom is -0.439 e. The van der Waals surface area contributed by atoms with Crippen molar-refractivity contribution in [3.05, 3.63) is 17.8 Å². The SMILES string of the molecule is FC(F)c1cnc(C2CCNC2)o1. The molecule has 0 amide bonds. The van der Waals surface area contributed by atoms with E-state index in [0.717, 1.165) is 25.7 Å². The maximum atomic E-state index is 12.1. The van der Waals surface area contributed by atoms with Crippen molar-refractivity contribution in [3.63, 3.8) is 0 Å². The first-order valence-electron chi connectivity index (χ1n) is 4.22. The molecule has 1 fully saturated rings. The van der Waals surface area contributed by atoms with Crippen molar-refractivity contribution in [2.45, 2.75) is 18.8 Å². The van der Waals surface area contributed by atoms with E-state index in [-0.39, 0.29) is 11.7 Å². The zero-order chi connectivity index (χ0) is 9.26. The highest BCUT2D eigenvalue weighted by Gasteiger charge is 2.23. The lowest BCUT2D eigenvalue weighted by molar-refractivity contribution is 0.119. The number of hydrogen-bond donors (Lipinski definition) is 1. The molecule has 1 atom stereocenters. The molecule has 1 aliphatic rings. The number of alkyl halides is 2. The molecular weight excluding hydrogens is 178 g/mol. The monoisotopic (exact) mass is 188 g/mol. The van der Waals surface area contributed by atoms with Crippen LogP contribution >= 0.6 is 0 Å². The molecule has 0 spiro atoms. The van der Waals surface area contributed by atoms with Crippen LogP contribution in [-0.2, 0) is 0 Å². The first kappa shape index (κ1) is 8.62. The lowest BCUT2D eigenvalue weighted by atomic mass is 10.1. The predicted molar refractivity (Wildman–Crippen MR) is 41.7 cm³/mol. The Kier molecular flexibility index (Phi) is 2.26. The van der Waals surface area contributed by atoms with Crippen LogP contribution in [0.3, 0.4) is 0 Å². The maximum Gasteiger partial charge on any atom is 0.297 e. The molecule has 0 saturated carbocycles. The van der Waals surface area contributed by atoms with Gasteiger partial charge >= 0.3 is 0 Å². The molecule has 1 aliphatic heterocycles. The van der Waals surface area contributed by atoms with E-state index in [1.807, 2.05) is 0 Å². The predicted octanol–water partition coefficient (Wildman–Crippen LogP) is 1.69. The molecule has 1 unspecified atom stereocenters. The number of oxazole rings is 1. The van der Waals surface area contributed by atoms with Gasteiger partial charge in [0.05, 0.1) is 6.20 Å². The van der Waals surface area contributed by atoms with Crippen molar-refractivity contribution in [2.75, 3.05) is 13.1 Å². The molecule has 13 heavy (non-hydrogen) atoms. The highest BCUT2D eigenvalue weighted by Crippen LogP contribution is 2.25. The average Bonchev–Trinajstić information content (AvgIpc) is 2.75. The zero-order valence-corrected chi connectivity index (χ0v) is 6.96.